The predicted molar refractivity (Wildman–Crippen MR) is 124 cm³/mol. The zero-order valence-corrected chi connectivity index (χ0v) is 18.1. The van der Waals surface area contributed by atoms with Gasteiger partial charge in [-0.15, -0.1) is 0 Å². The van der Waals surface area contributed by atoms with E-state index in [1.54, 1.807) is 10.7 Å². The number of nitrogens with zero attached hydrogens (tertiary/aromatic N) is 4. The van der Waals surface area contributed by atoms with Crippen LogP contribution in [0.25, 0.3) is 16.8 Å². The van der Waals surface area contributed by atoms with Gasteiger partial charge in [0.1, 0.15) is 11.9 Å². The van der Waals surface area contributed by atoms with Crippen molar-refractivity contribution in [1.82, 2.24) is 14.7 Å². The number of aromatic nitrogens is 2. The van der Waals surface area contributed by atoms with E-state index in [4.69, 9.17) is 9.84 Å². The Balaban J connectivity index is 1.39. The SMILES string of the molecule is N#Cc1cc(-c2ccccc2)ccc1-n1ccc(CN2CCOCC2c2ccccc2F)n1. The van der Waals surface area contributed by atoms with E-state index in [9.17, 15) is 9.65 Å². The smallest absolute Gasteiger partial charge is 0.128 e. The second kappa shape index (κ2) is 9.37. The molecular weight excluding hydrogens is 415 g/mol. The topological polar surface area (TPSA) is 54.1 Å². The molecule has 0 aliphatic carbocycles. The molecule has 0 saturated carbocycles. The van der Waals surface area contributed by atoms with Crippen molar-refractivity contribution in [2.24, 2.45) is 0 Å². The van der Waals surface area contributed by atoms with Gasteiger partial charge in [0.05, 0.1) is 36.2 Å². The predicted octanol–water partition coefficient (Wildman–Crippen LogP) is 5.12. The van der Waals surface area contributed by atoms with Crippen LogP contribution in [0.1, 0.15) is 22.9 Å². The lowest BCUT2D eigenvalue weighted by molar-refractivity contribution is -0.0145. The van der Waals surface area contributed by atoms with Crippen LogP contribution in [0.15, 0.2) is 85.1 Å². The molecule has 1 fully saturated rings. The van der Waals surface area contributed by atoms with Gasteiger partial charge in [-0.1, -0.05) is 54.6 Å². The van der Waals surface area contributed by atoms with Gasteiger partial charge in [0, 0.05) is 24.8 Å². The Kier molecular flexibility index (Phi) is 5.99. The second-order valence-electron chi connectivity index (χ2n) is 8.04. The number of morpholine rings is 1. The Morgan fingerprint density at radius 3 is 2.64 bits per heavy atom. The molecule has 6 heteroatoms. The van der Waals surface area contributed by atoms with Crippen LogP contribution >= 0.6 is 0 Å². The Morgan fingerprint density at radius 1 is 1.00 bits per heavy atom. The number of hydrogen-bond donors (Lipinski definition) is 0. The zero-order valence-electron chi connectivity index (χ0n) is 18.1. The average molecular weight is 439 g/mol. The summed E-state index contributed by atoms with van der Waals surface area (Å²) in [6.07, 6.45) is 1.87. The number of ether oxygens (including phenoxy) is 1. The van der Waals surface area contributed by atoms with Crippen LogP contribution in [0.4, 0.5) is 4.39 Å². The van der Waals surface area contributed by atoms with Crippen molar-refractivity contribution in [3.05, 3.63) is 108 Å². The van der Waals surface area contributed by atoms with Gasteiger partial charge in [0.25, 0.3) is 0 Å². The largest absolute Gasteiger partial charge is 0.378 e. The molecule has 33 heavy (non-hydrogen) atoms. The third-order valence-corrected chi connectivity index (χ3v) is 5.98. The normalized spacial score (nSPS) is 16.4. The minimum absolute atomic E-state index is 0.162. The summed E-state index contributed by atoms with van der Waals surface area (Å²) in [5.41, 5.74) is 4.84. The maximum Gasteiger partial charge on any atom is 0.128 e. The number of hydrogen-bond acceptors (Lipinski definition) is 4. The first-order chi connectivity index (χ1) is 16.2. The summed E-state index contributed by atoms with van der Waals surface area (Å²) in [5, 5.41) is 14.5. The lowest BCUT2D eigenvalue weighted by atomic mass is 10.0. The first-order valence-electron chi connectivity index (χ1n) is 10.9. The van der Waals surface area contributed by atoms with E-state index in [0.29, 0.717) is 37.4 Å². The fourth-order valence-electron chi connectivity index (χ4n) is 4.28. The van der Waals surface area contributed by atoms with Gasteiger partial charge in [-0.2, -0.15) is 10.4 Å². The fraction of sp³-hybridized carbons (Fsp3) is 0.185. The highest BCUT2D eigenvalue weighted by Crippen LogP contribution is 2.28. The zero-order chi connectivity index (χ0) is 22.6. The van der Waals surface area contributed by atoms with Crippen LogP contribution < -0.4 is 0 Å². The number of halogens is 1. The summed E-state index contributed by atoms with van der Waals surface area (Å²) in [6.45, 7) is 2.31. The van der Waals surface area contributed by atoms with E-state index in [1.165, 1.54) is 6.07 Å². The van der Waals surface area contributed by atoms with Crippen LogP contribution in [0, 0.1) is 17.1 Å². The molecule has 5 rings (SSSR count). The van der Waals surface area contributed by atoms with Crippen LogP contribution in [-0.2, 0) is 11.3 Å². The van der Waals surface area contributed by atoms with Crippen molar-refractivity contribution in [3.63, 3.8) is 0 Å². The molecule has 0 spiro atoms. The first kappa shape index (κ1) is 21.1. The molecule has 0 amide bonds. The Hall–Kier alpha value is -3.79. The van der Waals surface area contributed by atoms with Crippen LogP contribution in [0.5, 0.6) is 0 Å². The maximum absolute atomic E-state index is 14.4. The maximum atomic E-state index is 14.4. The summed E-state index contributed by atoms with van der Waals surface area (Å²) in [7, 11) is 0. The van der Waals surface area contributed by atoms with E-state index < -0.39 is 0 Å². The molecule has 4 aromatic rings. The number of benzene rings is 3. The highest BCUT2D eigenvalue weighted by atomic mass is 19.1. The monoisotopic (exact) mass is 438 g/mol. The van der Waals surface area contributed by atoms with Gasteiger partial charge in [-0.25, -0.2) is 9.07 Å². The van der Waals surface area contributed by atoms with Gasteiger partial charge >= 0.3 is 0 Å². The Labute approximate surface area is 192 Å². The lowest BCUT2D eigenvalue weighted by Crippen LogP contribution is -2.39. The molecule has 1 aliphatic heterocycles. The van der Waals surface area contributed by atoms with E-state index >= 15 is 0 Å². The standard InChI is InChI=1S/C27H23FN4O/c28-25-9-5-4-8-24(25)27-19-33-15-14-31(27)18-23-12-13-32(30-23)26-11-10-21(16-22(26)17-29)20-6-2-1-3-7-20/h1-13,16,27H,14-15,18-19H2. The molecular formula is C27H23FN4O. The van der Waals surface area contributed by atoms with Crippen LogP contribution in [0.3, 0.4) is 0 Å². The third-order valence-electron chi connectivity index (χ3n) is 5.98. The number of rotatable bonds is 5. The van der Waals surface area contributed by atoms with Crippen molar-refractivity contribution in [1.29, 1.82) is 5.26 Å². The quantitative estimate of drug-likeness (QED) is 0.434. The minimum atomic E-state index is -0.222. The van der Waals surface area contributed by atoms with Crippen LogP contribution in [-0.4, -0.2) is 34.4 Å². The minimum Gasteiger partial charge on any atom is -0.378 e. The lowest BCUT2D eigenvalue weighted by Gasteiger charge is -2.35. The summed E-state index contributed by atoms with van der Waals surface area (Å²) in [4.78, 5) is 2.19. The summed E-state index contributed by atoms with van der Waals surface area (Å²) >= 11 is 0. The number of nitriles is 1. The molecule has 1 aliphatic rings. The van der Waals surface area contributed by atoms with Gasteiger partial charge in [-0.05, 0) is 35.4 Å². The molecule has 1 saturated heterocycles. The molecule has 1 atom stereocenters. The second-order valence-corrected chi connectivity index (χ2v) is 8.04. The molecule has 1 aromatic heterocycles. The average Bonchev–Trinajstić information content (AvgIpc) is 3.33. The van der Waals surface area contributed by atoms with Gasteiger partial charge in [0.2, 0.25) is 0 Å². The highest BCUT2D eigenvalue weighted by Gasteiger charge is 2.27. The highest BCUT2D eigenvalue weighted by molar-refractivity contribution is 5.68. The summed E-state index contributed by atoms with van der Waals surface area (Å²) in [5.74, 6) is -0.222. The Morgan fingerprint density at radius 2 is 1.82 bits per heavy atom. The van der Waals surface area contributed by atoms with E-state index in [2.05, 4.69) is 11.0 Å². The van der Waals surface area contributed by atoms with Crippen molar-refractivity contribution in [2.75, 3.05) is 19.8 Å². The van der Waals surface area contributed by atoms with Crippen molar-refractivity contribution >= 4 is 0 Å². The fourth-order valence-corrected chi connectivity index (χ4v) is 4.28. The molecule has 5 nitrogen and oxygen atoms in total. The molecule has 0 radical (unpaired) electrons. The van der Waals surface area contributed by atoms with Gasteiger partial charge in [-0.3, -0.25) is 4.90 Å². The van der Waals surface area contributed by atoms with Crippen LogP contribution in [0.2, 0.25) is 0 Å². The van der Waals surface area contributed by atoms with Crippen molar-refractivity contribution < 1.29 is 9.13 Å². The molecule has 2 heterocycles. The molecule has 164 valence electrons. The van der Waals surface area contributed by atoms with Crippen molar-refractivity contribution in [3.8, 4) is 22.9 Å². The third kappa shape index (κ3) is 4.42. The summed E-state index contributed by atoms with van der Waals surface area (Å²) < 4.78 is 21.8. The molecule has 1 unspecified atom stereocenters. The molecule has 0 bridgehead atoms. The summed E-state index contributed by atoms with van der Waals surface area (Å²) in [6, 6.07) is 26.7. The van der Waals surface area contributed by atoms with Crippen molar-refractivity contribution in [2.45, 2.75) is 12.6 Å². The van der Waals surface area contributed by atoms with E-state index in [0.717, 1.165) is 22.5 Å². The van der Waals surface area contributed by atoms with Gasteiger partial charge < -0.3 is 4.74 Å². The van der Waals surface area contributed by atoms with E-state index in [1.807, 2.05) is 72.9 Å². The molecule has 0 N–H and O–H groups in total. The molecule has 3 aromatic carbocycles. The first-order valence-corrected chi connectivity index (χ1v) is 10.9. The van der Waals surface area contributed by atoms with E-state index in [-0.39, 0.29) is 11.9 Å². The Bertz CT molecular complexity index is 1290. The van der Waals surface area contributed by atoms with Gasteiger partial charge in [0.15, 0.2) is 0 Å².